The highest BCUT2D eigenvalue weighted by Gasteiger charge is 2.10. The van der Waals surface area contributed by atoms with Gasteiger partial charge in [0.05, 0.1) is 0 Å². The van der Waals surface area contributed by atoms with Gasteiger partial charge in [0, 0.05) is 17.0 Å². The van der Waals surface area contributed by atoms with Crippen LogP contribution in [0.4, 0.5) is 0 Å². The summed E-state index contributed by atoms with van der Waals surface area (Å²) in [7, 11) is 0. The van der Waals surface area contributed by atoms with E-state index in [4.69, 9.17) is 4.42 Å². The van der Waals surface area contributed by atoms with Crippen LogP contribution in [0.15, 0.2) is 40.1 Å². The van der Waals surface area contributed by atoms with Crippen LogP contribution in [0.25, 0.3) is 11.0 Å². The number of aryl methyl sites for hydroxylation is 1. The Hall–Kier alpha value is -2.03. The van der Waals surface area contributed by atoms with Gasteiger partial charge in [-0.15, -0.1) is 6.58 Å². The lowest BCUT2D eigenvalue weighted by atomic mass is 10.0. The number of hydrogen-bond acceptors (Lipinski definition) is 3. The minimum absolute atomic E-state index is 0.126. The molecule has 1 heterocycles. The van der Waals surface area contributed by atoms with Gasteiger partial charge in [-0.2, -0.15) is 0 Å². The first-order valence-electron chi connectivity index (χ1n) is 4.99. The Bertz CT molecular complexity index is 608. The van der Waals surface area contributed by atoms with Crippen molar-refractivity contribution in [1.82, 2.24) is 0 Å². The highest BCUT2D eigenvalue weighted by Crippen LogP contribution is 2.28. The second-order valence-corrected chi connectivity index (χ2v) is 3.68. The maximum Gasteiger partial charge on any atom is 0.336 e. The van der Waals surface area contributed by atoms with E-state index in [1.54, 1.807) is 18.2 Å². The summed E-state index contributed by atoms with van der Waals surface area (Å²) in [5.41, 5.74) is 1.50. The number of rotatable bonds is 2. The van der Waals surface area contributed by atoms with Crippen LogP contribution in [0.2, 0.25) is 0 Å². The summed E-state index contributed by atoms with van der Waals surface area (Å²) in [4.78, 5) is 11.3. The van der Waals surface area contributed by atoms with Crippen molar-refractivity contribution in [2.75, 3.05) is 0 Å². The van der Waals surface area contributed by atoms with Gasteiger partial charge in [-0.1, -0.05) is 6.08 Å². The second kappa shape index (κ2) is 3.85. The summed E-state index contributed by atoms with van der Waals surface area (Å²) >= 11 is 0. The maximum absolute atomic E-state index is 11.3. The van der Waals surface area contributed by atoms with Crippen molar-refractivity contribution in [3.63, 3.8) is 0 Å². The molecule has 0 aliphatic carbocycles. The van der Waals surface area contributed by atoms with E-state index >= 15 is 0 Å². The van der Waals surface area contributed by atoms with Crippen molar-refractivity contribution in [3.8, 4) is 5.75 Å². The van der Waals surface area contributed by atoms with Crippen LogP contribution in [0.1, 0.15) is 11.1 Å². The molecule has 0 radical (unpaired) electrons. The minimum Gasteiger partial charge on any atom is -0.508 e. The van der Waals surface area contributed by atoms with Crippen molar-refractivity contribution >= 4 is 11.0 Å². The number of hydrogen-bond donors (Lipinski definition) is 1. The number of benzene rings is 1. The summed E-state index contributed by atoms with van der Waals surface area (Å²) in [6, 6.07) is 4.79. The summed E-state index contributed by atoms with van der Waals surface area (Å²) < 4.78 is 5.14. The maximum atomic E-state index is 11.3. The Labute approximate surface area is 92.6 Å². The molecular formula is C13H12O3. The van der Waals surface area contributed by atoms with E-state index in [0.29, 0.717) is 17.6 Å². The van der Waals surface area contributed by atoms with Gasteiger partial charge < -0.3 is 9.52 Å². The Morgan fingerprint density at radius 3 is 2.94 bits per heavy atom. The van der Waals surface area contributed by atoms with E-state index in [0.717, 1.165) is 10.9 Å². The fourth-order valence-electron chi connectivity index (χ4n) is 1.77. The fourth-order valence-corrected chi connectivity index (χ4v) is 1.77. The third kappa shape index (κ3) is 1.60. The summed E-state index contributed by atoms with van der Waals surface area (Å²) in [5, 5.41) is 10.6. The smallest absolute Gasteiger partial charge is 0.336 e. The van der Waals surface area contributed by atoms with E-state index in [9.17, 15) is 9.90 Å². The average Bonchev–Trinajstić information content (AvgIpc) is 2.22. The van der Waals surface area contributed by atoms with Crippen molar-refractivity contribution < 1.29 is 9.52 Å². The predicted molar refractivity (Wildman–Crippen MR) is 62.8 cm³/mol. The Morgan fingerprint density at radius 2 is 2.25 bits per heavy atom. The molecule has 3 nitrogen and oxygen atoms in total. The van der Waals surface area contributed by atoms with E-state index in [1.807, 2.05) is 6.92 Å². The molecule has 0 fully saturated rings. The third-order valence-electron chi connectivity index (χ3n) is 2.55. The molecule has 1 N–H and O–H groups in total. The standard InChI is InChI=1S/C13H12O3/c1-3-4-10-11(14)6-5-9-8(2)7-12(15)16-13(9)10/h3,5-7,14H,1,4H2,2H3. The second-order valence-electron chi connectivity index (χ2n) is 3.68. The van der Waals surface area contributed by atoms with Crippen LogP contribution in [0, 0.1) is 6.92 Å². The van der Waals surface area contributed by atoms with Crippen LogP contribution in [-0.2, 0) is 6.42 Å². The molecule has 0 atom stereocenters. The van der Waals surface area contributed by atoms with Crippen molar-refractivity contribution in [3.05, 3.63) is 52.4 Å². The van der Waals surface area contributed by atoms with Gasteiger partial charge in [-0.05, 0) is 31.0 Å². The lowest BCUT2D eigenvalue weighted by Gasteiger charge is -2.06. The largest absolute Gasteiger partial charge is 0.508 e. The van der Waals surface area contributed by atoms with Gasteiger partial charge in [0.2, 0.25) is 0 Å². The molecule has 0 spiro atoms. The van der Waals surface area contributed by atoms with Crippen LogP contribution < -0.4 is 5.63 Å². The Morgan fingerprint density at radius 1 is 1.50 bits per heavy atom. The minimum atomic E-state index is -0.402. The zero-order valence-electron chi connectivity index (χ0n) is 8.99. The van der Waals surface area contributed by atoms with Crippen molar-refractivity contribution in [2.24, 2.45) is 0 Å². The number of fused-ring (bicyclic) bond motifs is 1. The first kappa shape index (κ1) is 10.5. The van der Waals surface area contributed by atoms with Gasteiger partial charge in [-0.25, -0.2) is 4.79 Å². The molecule has 2 aromatic rings. The number of aromatic hydroxyl groups is 1. The van der Waals surface area contributed by atoms with Crippen molar-refractivity contribution in [2.45, 2.75) is 13.3 Å². The highest BCUT2D eigenvalue weighted by atomic mass is 16.4. The average molecular weight is 216 g/mol. The van der Waals surface area contributed by atoms with Gasteiger partial charge in [-0.3, -0.25) is 0 Å². The molecule has 0 saturated carbocycles. The van der Waals surface area contributed by atoms with E-state index in [1.165, 1.54) is 6.07 Å². The van der Waals surface area contributed by atoms with Crippen molar-refractivity contribution in [1.29, 1.82) is 0 Å². The monoisotopic (exact) mass is 216 g/mol. The number of allylic oxidation sites excluding steroid dienone is 1. The molecule has 0 saturated heterocycles. The van der Waals surface area contributed by atoms with E-state index in [2.05, 4.69) is 6.58 Å². The first-order chi connectivity index (χ1) is 7.63. The van der Waals surface area contributed by atoms with Crippen LogP contribution >= 0.6 is 0 Å². The molecule has 0 amide bonds. The molecular weight excluding hydrogens is 204 g/mol. The normalized spacial score (nSPS) is 10.6. The highest BCUT2D eigenvalue weighted by molar-refractivity contribution is 5.85. The quantitative estimate of drug-likeness (QED) is 0.620. The molecule has 1 aromatic carbocycles. The van der Waals surface area contributed by atoms with Gasteiger partial charge in [0.1, 0.15) is 11.3 Å². The lowest BCUT2D eigenvalue weighted by molar-refractivity contribution is 0.466. The molecule has 2 rings (SSSR count). The molecule has 0 aliphatic rings. The fraction of sp³-hybridized carbons (Fsp3) is 0.154. The summed E-state index contributed by atoms with van der Waals surface area (Å²) in [6.45, 7) is 5.46. The lowest BCUT2D eigenvalue weighted by Crippen LogP contribution is -1.99. The Balaban J connectivity index is 2.90. The van der Waals surface area contributed by atoms with Gasteiger partial charge in [0.15, 0.2) is 0 Å². The molecule has 0 bridgehead atoms. The zero-order chi connectivity index (χ0) is 11.7. The Kier molecular flexibility index (Phi) is 2.52. The third-order valence-corrected chi connectivity index (χ3v) is 2.55. The van der Waals surface area contributed by atoms with E-state index in [-0.39, 0.29) is 5.75 Å². The van der Waals surface area contributed by atoms with Crippen LogP contribution in [-0.4, -0.2) is 5.11 Å². The topological polar surface area (TPSA) is 50.4 Å². The molecule has 0 unspecified atom stereocenters. The molecule has 16 heavy (non-hydrogen) atoms. The molecule has 0 aliphatic heterocycles. The summed E-state index contributed by atoms with van der Waals surface area (Å²) in [6.07, 6.45) is 2.13. The van der Waals surface area contributed by atoms with Crippen LogP contribution in [0.5, 0.6) is 5.75 Å². The number of phenolic OH excluding ortho intramolecular Hbond substituents is 1. The molecule has 3 heteroatoms. The first-order valence-corrected chi connectivity index (χ1v) is 4.99. The van der Waals surface area contributed by atoms with E-state index < -0.39 is 5.63 Å². The zero-order valence-corrected chi connectivity index (χ0v) is 8.99. The molecule has 1 aromatic heterocycles. The number of phenols is 1. The predicted octanol–water partition coefficient (Wildman–Crippen LogP) is 2.54. The molecule has 82 valence electrons. The van der Waals surface area contributed by atoms with Gasteiger partial charge >= 0.3 is 5.63 Å². The SMILES string of the molecule is C=CCc1c(O)ccc2c(C)cc(=O)oc12. The summed E-state index contributed by atoms with van der Waals surface area (Å²) in [5.74, 6) is 0.126. The van der Waals surface area contributed by atoms with Crippen LogP contribution in [0.3, 0.4) is 0 Å². The van der Waals surface area contributed by atoms with Gasteiger partial charge in [0.25, 0.3) is 0 Å².